The molecule has 0 saturated carbocycles. The fourth-order valence-corrected chi connectivity index (χ4v) is 5.27. The van der Waals surface area contributed by atoms with E-state index in [1.165, 1.54) is 55.0 Å². The van der Waals surface area contributed by atoms with Crippen molar-refractivity contribution in [1.82, 2.24) is 9.47 Å². The maximum absolute atomic E-state index is 6.04. The average Bonchev–Trinajstić information content (AvgIpc) is 3.14. The molecular weight excluding hydrogens is 412 g/mol. The molecule has 0 unspecified atom stereocenters. The van der Waals surface area contributed by atoms with Crippen molar-refractivity contribution in [3.63, 3.8) is 0 Å². The summed E-state index contributed by atoms with van der Waals surface area (Å²) in [5.41, 5.74) is 2.73. The van der Waals surface area contributed by atoms with Crippen molar-refractivity contribution in [2.75, 3.05) is 26.3 Å². The second-order valence-electron chi connectivity index (χ2n) is 10.2. The minimum absolute atomic E-state index is 0.189. The molecule has 1 aromatic heterocycles. The van der Waals surface area contributed by atoms with Crippen LogP contribution in [0.1, 0.15) is 84.1 Å². The molecule has 33 heavy (non-hydrogen) atoms. The summed E-state index contributed by atoms with van der Waals surface area (Å²) in [7, 11) is 0. The molecule has 0 radical (unpaired) electrons. The minimum Gasteiger partial charge on any atom is -0.491 e. The van der Waals surface area contributed by atoms with E-state index in [1.807, 2.05) is 0 Å². The van der Waals surface area contributed by atoms with E-state index >= 15 is 0 Å². The molecule has 0 amide bonds. The first-order chi connectivity index (χ1) is 16.1. The van der Waals surface area contributed by atoms with Crippen LogP contribution in [0.3, 0.4) is 0 Å². The molecule has 5 nitrogen and oxygen atoms in total. The lowest BCUT2D eigenvalue weighted by Crippen LogP contribution is -2.49. The van der Waals surface area contributed by atoms with Gasteiger partial charge in [0.15, 0.2) is 5.79 Å². The number of piperidine rings is 1. The third-order valence-electron chi connectivity index (χ3n) is 7.09. The van der Waals surface area contributed by atoms with Crippen molar-refractivity contribution in [2.45, 2.75) is 104 Å². The van der Waals surface area contributed by atoms with Gasteiger partial charge in [-0.1, -0.05) is 39.0 Å². The fraction of sp³-hybridized carbons (Fsp3) is 0.714. The molecule has 4 rings (SSSR count). The van der Waals surface area contributed by atoms with E-state index in [4.69, 9.17) is 14.2 Å². The van der Waals surface area contributed by atoms with Gasteiger partial charge in [0, 0.05) is 56.7 Å². The molecule has 1 aromatic carbocycles. The number of likely N-dealkylation sites (tertiary alicyclic amines) is 1. The smallest absolute Gasteiger partial charge is 0.170 e. The Hall–Kier alpha value is -1.56. The minimum atomic E-state index is -0.316. The topological polar surface area (TPSA) is 35.9 Å². The molecule has 0 N–H and O–H groups in total. The van der Waals surface area contributed by atoms with E-state index < -0.39 is 0 Å². The van der Waals surface area contributed by atoms with E-state index in [1.54, 1.807) is 0 Å². The van der Waals surface area contributed by atoms with Gasteiger partial charge in [0.05, 0.1) is 24.8 Å². The zero-order valence-electron chi connectivity index (χ0n) is 21.1. The molecular formula is C28H44N2O3. The lowest BCUT2D eigenvalue weighted by atomic mass is 10.0. The van der Waals surface area contributed by atoms with Crippen LogP contribution in [0.4, 0.5) is 0 Å². The van der Waals surface area contributed by atoms with Gasteiger partial charge in [-0.3, -0.25) is 4.90 Å². The van der Waals surface area contributed by atoms with Crippen LogP contribution in [0.2, 0.25) is 0 Å². The summed E-state index contributed by atoms with van der Waals surface area (Å²) in [6.45, 7) is 12.3. The summed E-state index contributed by atoms with van der Waals surface area (Å²) in [4.78, 5) is 2.56. The Morgan fingerprint density at radius 3 is 2.45 bits per heavy atom. The lowest BCUT2D eigenvalue weighted by Gasteiger charge is -2.43. The van der Waals surface area contributed by atoms with Gasteiger partial charge in [-0.15, -0.1) is 0 Å². The molecule has 2 aromatic rings. The normalized spacial score (nSPS) is 19.0. The van der Waals surface area contributed by atoms with E-state index in [9.17, 15) is 0 Å². The van der Waals surface area contributed by atoms with Crippen LogP contribution in [-0.4, -0.2) is 47.7 Å². The van der Waals surface area contributed by atoms with Crippen molar-refractivity contribution in [3.8, 4) is 5.75 Å². The van der Waals surface area contributed by atoms with E-state index in [-0.39, 0.29) is 11.9 Å². The monoisotopic (exact) mass is 456 g/mol. The predicted octanol–water partition coefficient (Wildman–Crippen LogP) is 6.52. The summed E-state index contributed by atoms with van der Waals surface area (Å²) in [5.74, 6) is 0.654. The average molecular weight is 457 g/mol. The van der Waals surface area contributed by atoms with Gasteiger partial charge in [0.2, 0.25) is 0 Å². The first kappa shape index (κ1) is 24.6. The molecule has 3 heterocycles. The number of aryl methyl sites for hydroxylation is 1. The summed E-state index contributed by atoms with van der Waals surface area (Å²) >= 11 is 0. The quantitative estimate of drug-likeness (QED) is 0.361. The zero-order chi connectivity index (χ0) is 23.1. The molecule has 2 aliphatic heterocycles. The Morgan fingerprint density at radius 2 is 1.73 bits per heavy atom. The first-order valence-electron chi connectivity index (χ1n) is 13.4. The number of fused-ring (bicyclic) bond motifs is 1. The number of rotatable bonds is 11. The van der Waals surface area contributed by atoms with Crippen LogP contribution in [0.5, 0.6) is 5.75 Å². The molecule has 0 atom stereocenters. The third kappa shape index (κ3) is 6.52. The van der Waals surface area contributed by atoms with Crippen LogP contribution < -0.4 is 4.74 Å². The highest BCUT2D eigenvalue weighted by Gasteiger charge is 2.38. The highest BCUT2D eigenvalue weighted by Crippen LogP contribution is 2.33. The number of hydrogen-bond acceptors (Lipinski definition) is 4. The van der Waals surface area contributed by atoms with Crippen molar-refractivity contribution in [2.24, 2.45) is 0 Å². The van der Waals surface area contributed by atoms with Crippen LogP contribution in [0.25, 0.3) is 10.9 Å². The maximum Gasteiger partial charge on any atom is 0.170 e. The maximum atomic E-state index is 6.04. The molecule has 1 spiro atoms. The number of nitrogens with zero attached hydrogens (tertiary/aromatic N) is 2. The van der Waals surface area contributed by atoms with Gasteiger partial charge in [0.25, 0.3) is 0 Å². The van der Waals surface area contributed by atoms with E-state index in [2.05, 4.69) is 54.6 Å². The molecule has 2 aliphatic rings. The SMILES string of the molecule is CCCCCCCCn1cc(CN2CCC3(CC2)OCCCO3)c2ccc(OC(C)C)cc21. The first-order valence-corrected chi connectivity index (χ1v) is 13.4. The number of ether oxygens (including phenoxy) is 3. The third-order valence-corrected chi connectivity index (χ3v) is 7.09. The van der Waals surface area contributed by atoms with Gasteiger partial charge in [-0.2, -0.15) is 0 Å². The Kier molecular flexibility index (Phi) is 8.72. The Bertz CT molecular complexity index is 859. The van der Waals surface area contributed by atoms with Crippen molar-refractivity contribution >= 4 is 10.9 Å². The van der Waals surface area contributed by atoms with Gasteiger partial charge in [-0.05, 0) is 44.4 Å². The predicted molar refractivity (Wildman–Crippen MR) is 135 cm³/mol. The second-order valence-corrected chi connectivity index (χ2v) is 10.2. The Morgan fingerprint density at radius 1 is 1.00 bits per heavy atom. The van der Waals surface area contributed by atoms with Gasteiger partial charge in [-0.25, -0.2) is 0 Å². The van der Waals surface area contributed by atoms with E-state index in [0.29, 0.717) is 0 Å². The van der Waals surface area contributed by atoms with Crippen LogP contribution in [0, 0.1) is 0 Å². The number of benzene rings is 1. The molecule has 184 valence electrons. The highest BCUT2D eigenvalue weighted by molar-refractivity contribution is 5.85. The van der Waals surface area contributed by atoms with E-state index in [0.717, 1.165) is 64.4 Å². The molecule has 2 fully saturated rings. The number of aromatic nitrogens is 1. The highest BCUT2D eigenvalue weighted by atomic mass is 16.7. The van der Waals surface area contributed by atoms with Gasteiger partial charge < -0.3 is 18.8 Å². The van der Waals surface area contributed by atoms with Crippen LogP contribution in [0.15, 0.2) is 24.4 Å². The molecule has 0 aliphatic carbocycles. The number of hydrogen-bond donors (Lipinski definition) is 0. The fourth-order valence-electron chi connectivity index (χ4n) is 5.27. The van der Waals surface area contributed by atoms with Gasteiger partial charge >= 0.3 is 0 Å². The summed E-state index contributed by atoms with van der Waals surface area (Å²) in [6, 6.07) is 6.64. The zero-order valence-corrected chi connectivity index (χ0v) is 21.1. The standard InChI is InChI=1S/C28H44N2O3/c1-4-5-6-7-8-9-15-30-22-24(26-12-11-25(20-27(26)30)33-23(2)3)21-29-16-13-28(14-17-29)31-18-10-19-32-28/h11-12,20,22-23H,4-10,13-19,21H2,1-3H3. The largest absolute Gasteiger partial charge is 0.491 e. The number of unbranched alkanes of at least 4 members (excludes halogenated alkanes) is 5. The second kappa shape index (κ2) is 11.7. The van der Waals surface area contributed by atoms with Crippen LogP contribution in [-0.2, 0) is 22.6 Å². The van der Waals surface area contributed by atoms with Crippen molar-refractivity contribution < 1.29 is 14.2 Å². The lowest BCUT2D eigenvalue weighted by molar-refractivity contribution is -0.284. The molecule has 2 saturated heterocycles. The summed E-state index contributed by atoms with van der Waals surface area (Å²) in [5, 5.41) is 1.36. The van der Waals surface area contributed by atoms with Crippen molar-refractivity contribution in [1.29, 1.82) is 0 Å². The molecule has 0 bridgehead atoms. The molecule has 5 heteroatoms. The summed E-state index contributed by atoms with van der Waals surface area (Å²) < 4.78 is 20.6. The van der Waals surface area contributed by atoms with Crippen molar-refractivity contribution in [3.05, 3.63) is 30.0 Å². The Labute approximate surface area is 200 Å². The van der Waals surface area contributed by atoms with Crippen LogP contribution >= 0.6 is 0 Å². The van der Waals surface area contributed by atoms with Gasteiger partial charge in [0.1, 0.15) is 5.75 Å². The summed E-state index contributed by atoms with van der Waals surface area (Å²) in [6.07, 6.45) is 13.5. The Balaban J connectivity index is 1.44.